The molecule has 0 saturated heterocycles. The number of benzene rings is 1. The van der Waals surface area contributed by atoms with Gasteiger partial charge in [0.2, 0.25) is 5.95 Å². The average Bonchev–Trinajstić information content (AvgIpc) is 3.01. The molecule has 0 aliphatic carbocycles. The topological polar surface area (TPSA) is 55.1 Å². The first kappa shape index (κ1) is 17.7. The van der Waals surface area contributed by atoms with Gasteiger partial charge >= 0.3 is 0 Å². The Kier molecular flexibility index (Phi) is 4.66. The van der Waals surface area contributed by atoms with Gasteiger partial charge in [-0.25, -0.2) is 15.0 Å². The monoisotopic (exact) mass is 421 g/mol. The third kappa shape index (κ3) is 3.32. The fourth-order valence-corrected chi connectivity index (χ4v) is 3.60. The second-order valence-corrected chi connectivity index (χ2v) is 7.45. The molecule has 0 bridgehead atoms. The summed E-state index contributed by atoms with van der Waals surface area (Å²) in [5.74, 6) is 0.589. The average molecular weight is 422 g/mol. The number of aromatic nitrogens is 4. The smallest absolute Gasteiger partial charge is 0.223 e. The first-order valence-corrected chi connectivity index (χ1v) is 9.62. The highest BCUT2D eigenvalue weighted by molar-refractivity contribution is 9.10. The standard InChI is InChI=1S/C21H20BrN5/c1-13-8-7-11-27-19(15(3)24-20(13)27)18-17(22)12-23-21(26-18)25-14(2)16-9-5-4-6-10-16/h4-12,14H,1-3H3,(H,23,25,26)/t14-/m0/s1. The number of hydrogen-bond acceptors (Lipinski definition) is 4. The largest absolute Gasteiger partial charge is 0.348 e. The number of nitrogens with one attached hydrogen (secondary N) is 1. The minimum atomic E-state index is 0.103. The van der Waals surface area contributed by atoms with Crippen molar-refractivity contribution in [3.63, 3.8) is 0 Å². The molecule has 0 fully saturated rings. The lowest BCUT2D eigenvalue weighted by Gasteiger charge is -2.15. The molecule has 1 aromatic carbocycles. The lowest BCUT2D eigenvalue weighted by Crippen LogP contribution is -2.10. The molecule has 27 heavy (non-hydrogen) atoms. The number of nitrogens with zero attached hydrogens (tertiary/aromatic N) is 4. The van der Waals surface area contributed by atoms with Gasteiger partial charge in [-0.15, -0.1) is 0 Å². The number of imidazole rings is 1. The Hall–Kier alpha value is -2.73. The maximum Gasteiger partial charge on any atom is 0.223 e. The Morgan fingerprint density at radius 1 is 1.04 bits per heavy atom. The molecule has 0 amide bonds. The summed E-state index contributed by atoms with van der Waals surface area (Å²) in [6, 6.07) is 14.5. The summed E-state index contributed by atoms with van der Waals surface area (Å²) in [6.07, 6.45) is 3.81. The van der Waals surface area contributed by atoms with Crippen LogP contribution >= 0.6 is 15.9 Å². The Morgan fingerprint density at radius 3 is 2.59 bits per heavy atom. The van der Waals surface area contributed by atoms with Gasteiger partial charge in [0.05, 0.1) is 21.9 Å². The van der Waals surface area contributed by atoms with E-state index in [1.807, 2.05) is 37.4 Å². The highest BCUT2D eigenvalue weighted by Gasteiger charge is 2.18. The van der Waals surface area contributed by atoms with E-state index in [1.165, 1.54) is 5.56 Å². The highest BCUT2D eigenvalue weighted by Crippen LogP contribution is 2.31. The predicted molar refractivity (Wildman–Crippen MR) is 112 cm³/mol. The zero-order valence-electron chi connectivity index (χ0n) is 15.4. The summed E-state index contributed by atoms with van der Waals surface area (Å²) in [6.45, 7) is 6.17. The van der Waals surface area contributed by atoms with E-state index in [9.17, 15) is 0 Å². The first-order valence-electron chi connectivity index (χ1n) is 8.83. The number of anilines is 1. The quantitative estimate of drug-likeness (QED) is 0.482. The normalized spacial score (nSPS) is 12.3. The SMILES string of the molecule is Cc1nc2c(C)cccn2c1-c1nc(N[C@@H](C)c2ccccc2)ncc1Br. The van der Waals surface area contributed by atoms with Crippen molar-refractivity contribution >= 4 is 27.5 Å². The van der Waals surface area contributed by atoms with Crippen LogP contribution < -0.4 is 5.32 Å². The van der Waals surface area contributed by atoms with Crippen molar-refractivity contribution in [1.82, 2.24) is 19.4 Å². The number of hydrogen-bond donors (Lipinski definition) is 1. The van der Waals surface area contributed by atoms with Crippen molar-refractivity contribution in [2.45, 2.75) is 26.8 Å². The Morgan fingerprint density at radius 2 is 1.81 bits per heavy atom. The van der Waals surface area contributed by atoms with E-state index >= 15 is 0 Å². The summed E-state index contributed by atoms with van der Waals surface area (Å²) >= 11 is 3.61. The van der Waals surface area contributed by atoms with E-state index < -0.39 is 0 Å². The lowest BCUT2D eigenvalue weighted by molar-refractivity contribution is 0.860. The molecular formula is C21H20BrN5. The van der Waals surface area contributed by atoms with Crippen molar-refractivity contribution < 1.29 is 0 Å². The molecule has 1 N–H and O–H groups in total. The van der Waals surface area contributed by atoms with Crippen LogP contribution in [0, 0.1) is 13.8 Å². The van der Waals surface area contributed by atoms with Gasteiger partial charge in [-0.3, -0.25) is 4.40 Å². The van der Waals surface area contributed by atoms with Crippen LogP contribution in [-0.4, -0.2) is 19.4 Å². The molecule has 4 aromatic rings. The number of halogens is 1. The summed E-state index contributed by atoms with van der Waals surface area (Å²) in [5.41, 5.74) is 6.00. The van der Waals surface area contributed by atoms with E-state index in [-0.39, 0.29) is 6.04 Å². The van der Waals surface area contributed by atoms with Crippen LogP contribution in [0.15, 0.2) is 59.3 Å². The lowest BCUT2D eigenvalue weighted by atomic mass is 10.1. The molecule has 5 nitrogen and oxygen atoms in total. The Labute approximate surface area is 166 Å². The third-order valence-electron chi connectivity index (χ3n) is 4.63. The zero-order valence-corrected chi connectivity index (χ0v) is 17.0. The van der Waals surface area contributed by atoms with E-state index in [0.29, 0.717) is 5.95 Å². The Balaban J connectivity index is 1.76. The fourth-order valence-electron chi connectivity index (χ4n) is 3.22. The van der Waals surface area contributed by atoms with Crippen LogP contribution in [0.5, 0.6) is 0 Å². The van der Waals surface area contributed by atoms with Gasteiger partial charge < -0.3 is 5.32 Å². The molecule has 0 spiro atoms. The second kappa shape index (κ2) is 7.12. The summed E-state index contributed by atoms with van der Waals surface area (Å²) < 4.78 is 2.93. The van der Waals surface area contributed by atoms with Crippen LogP contribution in [0.1, 0.15) is 29.8 Å². The van der Waals surface area contributed by atoms with Gasteiger partial charge in [-0.2, -0.15) is 0 Å². The maximum atomic E-state index is 4.79. The van der Waals surface area contributed by atoms with Gasteiger partial charge in [0.25, 0.3) is 0 Å². The summed E-state index contributed by atoms with van der Waals surface area (Å²) in [5, 5.41) is 3.39. The fraction of sp³-hybridized carbons (Fsp3) is 0.190. The zero-order chi connectivity index (χ0) is 19.0. The summed E-state index contributed by atoms with van der Waals surface area (Å²) in [4.78, 5) is 14.0. The highest BCUT2D eigenvalue weighted by atomic mass is 79.9. The molecule has 3 heterocycles. The number of aryl methyl sites for hydroxylation is 2. The molecule has 6 heteroatoms. The molecule has 0 aliphatic rings. The molecule has 0 radical (unpaired) electrons. The van der Waals surface area contributed by atoms with Crippen LogP contribution in [-0.2, 0) is 0 Å². The molecule has 0 unspecified atom stereocenters. The number of fused-ring (bicyclic) bond motifs is 1. The van der Waals surface area contributed by atoms with E-state index in [4.69, 9.17) is 9.97 Å². The molecule has 0 aliphatic heterocycles. The molecule has 136 valence electrons. The number of pyridine rings is 1. The minimum absolute atomic E-state index is 0.103. The van der Waals surface area contributed by atoms with Gasteiger partial charge in [-0.05, 0) is 53.9 Å². The van der Waals surface area contributed by atoms with Crippen LogP contribution in [0.25, 0.3) is 17.0 Å². The van der Waals surface area contributed by atoms with Crippen molar-refractivity contribution in [2.24, 2.45) is 0 Å². The van der Waals surface area contributed by atoms with Crippen molar-refractivity contribution in [1.29, 1.82) is 0 Å². The van der Waals surface area contributed by atoms with E-state index in [0.717, 1.165) is 32.8 Å². The van der Waals surface area contributed by atoms with Gasteiger partial charge in [-0.1, -0.05) is 36.4 Å². The van der Waals surface area contributed by atoms with Crippen molar-refractivity contribution in [3.05, 3.63) is 76.2 Å². The van der Waals surface area contributed by atoms with Crippen LogP contribution in [0.3, 0.4) is 0 Å². The molecule has 3 aromatic heterocycles. The Bertz CT molecular complexity index is 1100. The first-order chi connectivity index (χ1) is 13.0. The van der Waals surface area contributed by atoms with Crippen molar-refractivity contribution in [2.75, 3.05) is 5.32 Å². The molecule has 0 saturated carbocycles. The van der Waals surface area contributed by atoms with Crippen LogP contribution in [0.4, 0.5) is 5.95 Å². The summed E-state index contributed by atoms with van der Waals surface area (Å²) in [7, 11) is 0. The van der Waals surface area contributed by atoms with Gasteiger partial charge in [0.15, 0.2) is 0 Å². The minimum Gasteiger partial charge on any atom is -0.348 e. The van der Waals surface area contributed by atoms with Gasteiger partial charge in [0, 0.05) is 12.4 Å². The number of rotatable bonds is 4. The van der Waals surface area contributed by atoms with E-state index in [1.54, 1.807) is 6.20 Å². The maximum absolute atomic E-state index is 4.79. The van der Waals surface area contributed by atoms with Crippen molar-refractivity contribution in [3.8, 4) is 11.4 Å². The predicted octanol–water partition coefficient (Wildman–Crippen LogP) is 5.34. The third-order valence-corrected chi connectivity index (χ3v) is 5.21. The van der Waals surface area contributed by atoms with Gasteiger partial charge in [0.1, 0.15) is 11.3 Å². The van der Waals surface area contributed by atoms with E-state index in [2.05, 4.69) is 62.7 Å². The van der Waals surface area contributed by atoms with Crippen LogP contribution in [0.2, 0.25) is 0 Å². The second-order valence-electron chi connectivity index (χ2n) is 6.60. The molecular weight excluding hydrogens is 402 g/mol. The molecule has 4 rings (SSSR count). The molecule has 1 atom stereocenters.